The Morgan fingerprint density at radius 2 is 2.00 bits per heavy atom. The van der Waals surface area contributed by atoms with Gasteiger partial charge >= 0.3 is 0 Å². The van der Waals surface area contributed by atoms with Crippen LogP contribution in [0.3, 0.4) is 0 Å². The zero-order valence-electron chi connectivity index (χ0n) is 14.1. The molecule has 1 aromatic heterocycles. The number of halogens is 1. The second kappa shape index (κ2) is 9.66. The number of benzene rings is 1. The van der Waals surface area contributed by atoms with Gasteiger partial charge in [0.25, 0.3) is 0 Å². The molecule has 1 aromatic carbocycles. The lowest BCUT2D eigenvalue weighted by Crippen LogP contribution is -1.92. The van der Waals surface area contributed by atoms with Crippen LogP contribution in [0, 0.1) is 0 Å². The molecular weight excluding hydrogens is 301 g/mol. The topological polar surface area (TPSA) is 22.1 Å². The van der Waals surface area contributed by atoms with E-state index >= 15 is 0 Å². The van der Waals surface area contributed by atoms with Crippen molar-refractivity contribution in [3.05, 3.63) is 66.9 Å². The summed E-state index contributed by atoms with van der Waals surface area (Å²) in [5.41, 5.74) is 3.03. The van der Waals surface area contributed by atoms with Crippen LogP contribution in [0.5, 0.6) is 5.75 Å². The summed E-state index contributed by atoms with van der Waals surface area (Å²) in [6.07, 6.45) is 9.35. The molecule has 2 rings (SSSR count). The highest BCUT2D eigenvalue weighted by Gasteiger charge is 2.00. The average molecular weight is 325 g/mol. The fourth-order valence-electron chi connectivity index (χ4n) is 2.29. The molecule has 0 spiro atoms. The summed E-state index contributed by atoms with van der Waals surface area (Å²) >= 11 is 0. The van der Waals surface area contributed by atoms with Crippen molar-refractivity contribution in [1.82, 2.24) is 4.98 Å². The molecule has 126 valence electrons. The first-order chi connectivity index (χ1) is 11.7. The summed E-state index contributed by atoms with van der Waals surface area (Å²) < 4.78 is 18.2. The predicted molar refractivity (Wildman–Crippen MR) is 98.8 cm³/mol. The summed E-state index contributed by atoms with van der Waals surface area (Å²) in [5.74, 6) is 0.820. The number of ether oxygens (including phenoxy) is 1. The molecule has 0 saturated heterocycles. The van der Waals surface area contributed by atoms with Crippen LogP contribution in [0.15, 0.2) is 61.3 Å². The molecule has 2 nitrogen and oxygen atoms in total. The van der Waals surface area contributed by atoms with Crippen molar-refractivity contribution in [2.45, 2.75) is 32.4 Å². The van der Waals surface area contributed by atoms with Gasteiger partial charge in [0.05, 0.1) is 11.9 Å². The van der Waals surface area contributed by atoms with E-state index in [4.69, 9.17) is 4.74 Å². The largest absolute Gasteiger partial charge is 0.490 e. The van der Waals surface area contributed by atoms with Crippen LogP contribution in [-0.4, -0.2) is 17.8 Å². The van der Waals surface area contributed by atoms with Crippen LogP contribution in [0.4, 0.5) is 4.39 Å². The van der Waals surface area contributed by atoms with Crippen molar-refractivity contribution < 1.29 is 9.13 Å². The Balaban J connectivity index is 1.91. The first-order valence-electron chi connectivity index (χ1n) is 8.30. The van der Waals surface area contributed by atoms with Gasteiger partial charge in [0, 0.05) is 11.8 Å². The number of unbranched alkanes of at least 4 members (excludes halogenated alkanes) is 1. The van der Waals surface area contributed by atoms with Gasteiger partial charge in [-0.05, 0) is 62.1 Å². The number of allylic oxidation sites excluding steroid dienone is 1. The standard InChI is InChI=1S/C21H24FNO/c1-3-15-24-20-12-10-19(11-13-20)21-14-9-18(16-23-21)8-6-4-5-7-17(2)22/h3,6,8-14,16-17H,1,4-5,7,15H2,2H3. The Morgan fingerprint density at radius 3 is 2.62 bits per heavy atom. The first-order valence-corrected chi connectivity index (χ1v) is 8.30. The zero-order valence-corrected chi connectivity index (χ0v) is 14.1. The molecule has 1 unspecified atom stereocenters. The second-order valence-electron chi connectivity index (χ2n) is 5.71. The van der Waals surface area contributed by atoms with Gasteiger partial charge in [-0.25, -0.2) is 4.39 Å². The third kappa shape index (κ3) is 5.99. The fraction of sp³-hybridized carbons (Fsp3) is 0.286. The molecule has 0 amide bonds. The number of hydrogen-bond donors (Lipinski definition) is 0. The van der Waals surface area contributed by atoms with Crippen LogP contribution < -0.4 is 4.74 Å². The SMILES string of the molecule is C=CCOc1ccc(-c2ccc(C=CCCCC(C)F)cn2)cc1. The van der Waals surface area contributed by atoms with E-state index in [9.17, 15) is 4.39 Å². The summed E-state index contributed by atoms with van der Waals surface area (Å²) in [7, 11) is 0. The molecule has 0 aliphatic heterocycles. The van der Waals surface area contributed by atoms with Crippen LogP contribution >= 0.6 is 0 Å². The van der Waals surface area contributed by atoms with Crippen LogP contribution in [0.2, 0.25) is 0 Å². The van der Waals surface area contributed by atoms with Crippen molar-refractivity contribution in [3.8, 4) is 17.0 Å². The van der Waals surface area contributed by atoms with E-state index in [0.717, 1.165) is 35.4 Å². The van der Waals surface area contributed by atoms with Gasteiger partial charge < -0.3 is 4.74 Å². The second-order valence-corrected chi connectivity index (χ2v) is 5.71. The maximum atomic E-state index is 12.7. The van der Waals surface area contributed by atoms with Crippen LogP contribution in [0.1, 0.15) is 31.7 Å². The molecular formula is C21H24FNO. The predicted octanol–water partition coefficient (Wildman–Crippen LogP) is 5.85. The highest BCUT2D eigenvalue weighted by Crippen LogP contribution is 2.21. The number of hydrogen-bond acceptors (Lipinski definition) is 2. The molecule has 0 aliphatic rings. The minimum atomic E-state index is -0.715. The quantitative estimate of drug-likeness (QED) is 0.426. The van der Waals surface area contributed by atoms with E-state index in [-0.39, 0.29) is 0 Å². The van der Waals surface area contributed by atoms with Crippen molar-refractivity contribution in [2.24, 2.45) is 0 Å². The molecule has 0 bridgehead atoms. The summed E-state index contributed by atoms with van der Waals surface area (Å²) in [5, 5.41) is 0. The molecule has 0 N–H and O–H groups in total. The lowest BCUT2D eigenvalue weighted by atomic mass is 10.1. The smallest absolute Gasteiger partial charge is 0.119 e. The van der Waals surface area contributed by atoms with E-state index in [0.29, 0.717) is 13.0 Å². The van der Waals surface area contributed by atoms with E-state index < -0.39 is 6.17 Å². The number of nitrogens with zero attached hydrogens (tertiary/aromatic N) is 1. The number of aromatic nitrogens is 1. The van der Waals surface area contributed by atoms with Crippen molar-refractivity contribution >= 4 is 6.08 Å². The summed E-state index contributed by atoms with van der Waals surface area (Å²) in [4.78, 5) is 4.50. The number of rotatable bonds is 9. The van der Waals surface area contributed by atoms with Gasteiger partial charge in [0.2, 0.25) is 0 Å². The molecule has 0 radical (unpaired) electrons. The van der Waals surface area contributed by atoms with Gasteiger partial charge in [0.1, 0.15) is 12.4 Å². The number of pyridine rings is 1. The van der Waals surface area contributed by atoms with Gasteiger partial charge in [0.15, 0.2) is 0 Å². The van der Waals surface area contributed by atoms with E-state index in [1.807, 2.05) is 48.7 Å². The van der Waals surface area contributed by atoms with Crippen molar-refractivity contribution in [2.75, 3.05) is 6.61 Å². The lowest BCUT2D eigenvalue weighted by Gasteiger charge is -2.05. The molecule has 0 fully saturated rings. The minimum Gasteiger partial charge on any atom is -0.490 e. The molecule has 1 atom stereocenters. The molecule has 24 heavy (non-hydrogen) atoms. The number of alkyl halides is 1. The van der Waals surface area contributed by atoms with Crippen LogP contribution in [-0.2, 0) is 0 Å². The maximum absolute atomic E-state index is 12.7. The first kappa shape index (κ1) is 17.9. The highest BCUT2D eigenvalue weighted by molar-refractivity contribution is 5.61. The summed E-state index contributed by atoms with van der Waals surface area (Å²) in [6, 6.07) is 11.9. The van der Waals surface area contributed by atoms with Gasteiger partial charge in [-0.3, -0.25) is 4.98 Å². The Labute approximate surface area is 143 Å². The Kier molecular flexibility index (Phi) is 7.21. The van der Waals surface area contributed by atoms with Crippen LogP contribution in [0.25, 0.3) is 17.3 Å². The van der Waals surface area contributed by atoms with Gasteiger partial charge in [-0.1, -0.05) is 30.9 Å². The van der Waals surface area contributed by atoms with Gasteiger partial charge in [-0.2, -0.15) is 0 Å². The van der Waals surface area contributed by atoms with E-state index in [2.05, 4.69) is 17.6 Å². The van der Waals surface area contributed by atoms with Gasteiger partial charge in [-0.15, -0.1) is 0 Å². The molecule has 0 saturated carbocycles. The summed E-state index contributed by atoms with van der Waals surface area (Å²) in [6.45, 7) is 5.74. The Bertz CT molecular complexity index is 645. The van der Waals surface area contributed by atoms with Crippen molar-refractivity contribution in [1.29, 1.82) is 0 Å². The third-order valence-corrected chi connectivity index (χ3v) is 3.59. The molecule has 3 heteroatoms. The van der Waals surface area contributed by atoms with Crippen molar-refractivity contribution in [3.63, 3.8) is 0 Å². The average Bonchev–Trinajstić information content (AvgIpc) is 2.60. The highest BCUT2D eigenvalue weighted by atomic mass is 19.1. The minimum absolute atomic E-state index is 0.503. The fourth-order valence-corrected chi connectivity index (χ4v) is 2.29. The Morgan fingerprint density at radius 1 is 1.21 bits per heavy atom. The lowest BCUT2D eigenvalue weighted by molar-refractivity contribution is 0.335. The molecule has 2 aromatic rings. The van der Waals surface area contributed by atoms with E-state index in [1.54, 1.807) is 13.0 Å². The maximum Gasteiger partial charge on any atom is 0.119 e. The van der Waals surface area contributed by atoms with E-state index in [1.165, 1.54) is 0 Å². The monoisotopic (exact) mass is 325 g/mol. The molecule has 1 heterocycles. The third-order valence-electron chi connectivity index (χ3n) is 3.59. The normalized spacial score (nSPS) is 12.2. The molecule has 0 aliphatic carbocycles. The Hall–Kier alpha value is -2.42. The zero-order chi connectivity index (χ0) is 17.2.